The fraction of sp³-hybridized carbons (Fsp3) is 0.417. The van der Waals surface area contributed by atoms with E-state index in [9.17, 15) is 9.59 Å². The molecule has 2 heterocycles. The van der Waals surface area contributed by atoms with Gasteiger partial charge in [0.15, 0.2) is 0 Å². The zero-order chi connectivity index (χ0) is 21.3. The Morgan fingerprint density at radius 2 is 1.50 bits per heavy atom. The largest absolute Gasteiger partial charge is 0.457 e. The summed E-state index contributed by atoms with van der Waals surface area (Å²) in [5.74, 6) is 1.17. The molecule has 0 spiro atoms. The van der Waals surface area contributed by atoms with Crippen LogP contribution in [0.15, 0.2) is 48.5 Å². The smallest absolute Gasteiger partial charge is 0.407 e. The first-order valence-corrected chi connectivity index (χ1v) is 10.5. The number of hydrogen-bond acceptors (Lipinski definition) is 4. The number of carbonyl (C=O) groups is 2. The zero-order valence-corrected chi connectivity index (χ0v) is 17.7. The normalized spacial score (nSPS) is 16.8. The summed E-state index contributed by atoms with van der Waals surface area (Å²) in [6.45, 7) is 6.73. The van der Waals surface area contributed by atoms with Crippen LogP contribution in [-0.4, -0.2) is 41.6 Å². The fourth-order valence-corrected chi connectivity index (χ4v) is 4.08. The van der Waals surface area contributed by atoms with Crippen LogP contribution in [0.4, 0.5) is 4.79 Å². The summed E-state index contributed by atoms with van der Waals surface area (Å²) in [4.78, 5) is 27.5. The van der Waals surface area contributed by atoms with Crippen LogP contribution < -0.4 is 10.1 Å². The van der Waals surface area contributed by atoms with Gasteiger partial charge >= 0.3 is 6.09 Å². The number of nitrogens with one attached hydrogen (secondary N) is 1. The van der Waals surface area contributed by atoms with Gasteiger partial charge in [-0.2, -0.15) is 0 Å². The number of alkyl carbamates (subject to hydrolysis) is 1. The van der Waals surface area contributed by atoms with Gasteiger partial charge in [0.05, 0.1) is 5.92 Å². The Hall–Kier alpha value is -3.02. The van der Waals surface area contributed by atoms with Gasteiger partial charge in [0.1, 0.15) is 17.1 Å². The number of ether oxygens (including phenoxy) is 2. The van der Waals surface area contributed by atoms with Crippen LogP contribution in [0.5, 0.6) is 11.5 Å². The highest BCUT2D eigenvalue weighted by atomic mass is 16.6. The van der Waals surface area contributed by atoms with Crippen molar-refractivity contribution in [1.82, 2.24) is 10.2 Å². The quantitative estimate of drug-likeness (QED) is 0.798. The number of fused-ring (bicyclic) bond motifs is 2. The first-order chi connectivity index (χ1) is 14.3. The van der Waals surface area contributed by atoms with Crippen LogP contribution in [0.2, 0.25) is 0 Å². The fourth-order valence-electron chi connectivity index (χ4n) is 4.08. The molecule has 6 nitrogen and oxygen atoms in total. The van der Waals surface area contributed by atoms with Gasteiger partial charge in [0, 0.05) is 30.3 Å². The summed E-state index contributed by atoms with van der Waals surface area (Å²) < 4.78 is 11.4. The first kappa shape index (κ1) is 20.3. The number of benzene rings is 2. The molecule has 0 radical (unpaired) electrons. The maximum absolute atomic E-state index is 13.6. The van der Waals surface area contributed by atoms with Gasteiger partial charge in [0.25, 0.3) is 0 Å². The Morgan fingerprint density at radius 3 is 2.03 bits per heavy atom. The van der Waals surface area contributed by atoms with Crippen molar-refractivity contribution >= 4 is 12.0 Å². The molecule has 0 aromatic heterocycles. The molecule has 4 rings (SSSR count). The van der Waals surface area contributed by atoms with Gasteiger partial charge in [-0.3, -0.25) is 4.79 Å². The van der Waals surface area contributed by atoms with Crippen molar-refractivity contribution in [3.05, 3.63) is 59.7 Å². The molecule has 0 bridgehead atoms. The van der Waals surface area contributed by atoms with E-state index in [2.05, 4.69) is 5.32 Å². The van der Waals surface area contributed by atoms with E-state index >= 15 is 0 Å². The van der Waals surface area contributed by atoms with Crippen molar-refractivity contribution in [3.63, 3.8) is 0 Å². The number of para-hydroxylation sites is 2. The maximum atomic E-state index is 13.6. The molecule has 0 saturated carbocycles. The molecule has 0 unspecified atom stereocenters. The second kappa shape index (κ2) is 8.01. The van der Waals surface area contributed by atoms with E-state index in [4.69, 9.17) is 9.47 Å². The van der Waals surface area contributed by atoms with Crippen LogP contribution >= 0.6 is 0 Å². The molecule has 30 heavy (non-hydrogen) atoms. The van der Waals surface area contributed by atoms with E-state index in [-0.39, 0.29) is 17.9 Å². The summed E-state index contributed by atoms with van der Waals surface area (Å²) in [6.07, 6.45) is 1.01. The second-order valence-electron chi connectivity index (χ2n) is 8.86. The van der Waals surface area contributed by atoms with Crippen molar-refractivity contribution in [2.75, 3.05) is 13.1 Å². The zero-order valence-electron chi connectivity index (χ0n) is 17.7. The molecule has 0 atom stereocenters. The Kier molecular flexibility index (Phi) is 5.41. The maximum Gasteiger partial charge on any atom is 0.407 e. The van der Waals surface area contributed by atoms with Gasteiger partial charge in [-0.1, -0.05) is 36.4 Å². The van der Waals surface area contributed by atoms with Crippen molar-refractivity contribution < 1.29 is 19.1 Å². The molecule has 2 aliphatic heterocycles. The van der Waals surface area contributed by atoms with Crippen molar-refractivity contribution in [3.8, 4) is 11.5 Å². The standard InChI is InChI=1S/C24H28N2O4/c1-24(2,3)30-23(28)25-16-12-14-26(15-13-16)22(27)21-17-8-4-6-10-19(17)29-20-11-7-5-9-18(20)21/h4-11,16,21H,12-15H2,1-3H3,(H,25,28). The number of hydrogen-bond donors (Lipinski definition) is 1. The molecule has 2 aliphatic rings. The Morgan fingerprint density at radius 1 is 0.967 bits per heavy atom. The van der Waals surface area contributed by atoms with Gasteiger partial charge in [0.2, 0.25) is 5.91 Å². The topological polar surface area (TPSA) is 67.9 Å². The lowest BCUT2D eigenvalue weighted by Gasteiger charge is -2.36. The van der Waals surface area contributed by atoms with E-state index in [1.54, 1.807) is 0 Å². The monoisotopic (exact) mass is 408 g/mol. The number of carbonyl (C=O) groups excluding carboxylic acids is 2. The van der Waals surface area contributed by atoms with Gasteiger partial charge < -0.3 is 19.7 Å². The average molecular weight is 408 g/mol. The van der Waals surface area contributed by atoms with Crippen molar-refractivity contribution in [1.29, 1.82) is 0 Å². The summed E-state index contributed by atoms with van der Waals surface area (Å²) in [6, 6.07) is 15.5. The Bertz CT molecular complexity index is 897. The minimum Gasteiger partial charge on any atom is -0.457 e. The number of nitrogens with zero attached hydrogens (tertiary/aromatic N) is 1. The molecule has 1 N–H and O–H groups in total. The van der Waals surface area contributed by atoms with Crippen LogP contribution in [0.25, 0.3) is 0 Å². The molecule has 2 amide bonds. The predicted octanol–water partition coefficient (Wildman–Crippen LogP) is 4.44. The summed E-state index contributed by atoms with van der Waals surface area (Å²) in [5.41, 5.74) is 1.27. The lowest BCUT2D eigenvalue weighted by atomic mass is 9.86. The van der Waals surface area contributed by atoms with Crippen molar-refractivity contribution in [2.24, 2.45) is 0 Å². The molecule has 2 aromatic carbocycles. The number of amides is 2. The van der Waals surface area contributed by atoms with E-state index < -0.39 is 11.7 Å². The average Bonchev–Trinajstić information content (AvgIpc) is 2.70. The third-order valence-electron chi connectivity index (χ3n) is 5.45. The summed E-state index contributed by atoms with van der Waals surface area (Å²) in [7, 11) is 0. The van der Waals surface area contributed by atoms with E-state index in [1.165, 1.54) is 0 Å². The first-order valence-electron chi connectivity index (χ1n) is 10.5. The van der Waals surface area contributed by atoms with Crippen LogP contribution in [0.3, 0.4) is 0 Å². The van der Waals surface area contributed by atoms with Gasteiger partial charge in [-0.05, 0) is 45.7 Å². The summed E-state index contributed by atoms with van der Waals surface area (Å²) >= 11 is 0. The molecular weight excluding hydrogens is 380 g/mol. The van der Waals surface area contributed by atoms with Crippen molar-refractivity contribution in [2.45, 2.75) is 51.2 Å². The Labute approximate surface area is 177 Å². The number of rotatable bonds is 2. The third-order valence-corrected chi connectivity index (χ3v) is 5.45. The van der Waals surface area contributed by atoms with E-state index in [1.807, 2.05) is 74.2 Å². The molecule has 6 heteroatoms. The number of piperidine rings is 1. The van der Waals surface area contributed by atoms with Gasteiger partial charge in [-0.25, -0.2) is 4.79 Å². The molecule has 1 saturated heterocycles. The van der Waals surface area contributed by atoms with E-state index in [0.29, 0.717) is 25.9 Å². The van der Waals surface area contributed by atoms with Crippen LogP contribution in [0.1, 0.15) is 50.7 Å². The lowest BCUT2D eigenvalue weighted by Crippen LogP contribution is -2.48. The summed E-state index contributed by atoms with van der Waals surface area (Å²) in [5, 5.41) is 2.93. The predicted molar refractivity (Wildman–Crippen MR) is 114 cm³/mol. The highest BCUT2D eigenvalue weighted by Crippen LogP contribution is 2.44. The highest BCUT2D eigenvalue weighted by molar-refractivity contribution is 5.89. The second-order valence-corrected chi connectivity index (χ2v) is 8.86. The molecular formula is C24H28N2O4. The van der Waals surface area contributed by atoms with E-state index in [0.717, 1.165) is 22.6 Å². The number of likely N-dealkylation sites (tertiary alicyclic amines) is 1. The molecule has 1 fully saturated rings. The third kappa shape index (κ3) is 4.27. The molecule has 0 aliphatic carbocycles. The highest BCUT2D eigenvalue weighted by Gasteiger charge is 2.36. The molecule has 2 aromatic rings. The lowest BCUT2D eigenvalue weighted by molar-refractivity contribution is -0.133. The minimum atomic E-state index is -0.523. The molecule has 158 valence electrons. The van der Waals surface area contributed by atoms with Crippen LogP contribution in [0, 0.1) is 0 Å². The SMILES string of the molecule is CC(C)(C)OC(=O)NC1CCN(C(=O)C2c3ccccc3Oc3ccccc32)CC1. The van der Waals surface area contributed by atoms with Gasteiger partial charge in [-0.15, -0.1) is 0 Å². The minimum absolute atomic E-state index is 0.0122. The van der Waals surface area contributed by atoms with Crippen LogP contribution in [-0.2, 0) is 9.53 Å². The Balaban J connectivity index is 1.46.